The molecule has 2 aromatic rings. The summed E-state index contributed by atoms with van der Waals surface area (Å²) < 4.78 is 1.02. The van der Waals surface area contributed by atoms with Crippen molar-refractivity contribution in [2.24, 2.45) is 0 Å². The van der Waals surface area contributed by atoms with Crippen molar-refractivity contribution in [1.29, 1.82) is 0 Å². The molecule has 0 fully saturated rings. The molecule has 0 saturated carbocycles. The topological polar surface area (TPSA) is 12.0 Å². The molecule has 0 amide bonds. The average Bonchev–Trinajstić information content (AvgIpc) is 2.78. The first-order chi connectivity index (χ1) is 10.0. The van der Waals surface area contributed by atoms with E-state index in [-0.39, 0.29) is 0 Å². The summed E-state index contributed by atoms with van der Waals surface area (Å²) in [6.45, 7) is 7.54. The Morgan fingerprint density at radius 1 is 1.29 bits per heavy atom. The molecule has 1 N–H and O–H groups in total. The lowest BCUT2D eigenvalue weighted by atomic mass is 9.98. The third kappa shape index (κ3) is 4.56. The average molecular weight is 387 g/mol. The van der Waals surface area contributed by atoms with Crippen LogP contribution < -0.4 is 5.32 Å². The van der Waals surface area contributed by atoms with Gasteiger partial charge in [-0.2, -0.15) is 0 Å². The van der Waals surface area contributed by atoms with Crippen LogP contribution in [0.4, 0.5) is 0 Å². The Bertz CT molecular complexity index is 589. The molecular weight excluding hydrogens is 366 g/mol. The fourth-order valence-electron chi connectivity index (χ4n) is 2.37. The minimum absolute atomic E-state index is 0.319. The van der Waals surface area contributed by atoms with Crippen LogP contribution in [0.1, 0.15) is 41.0 Å². The smallest absolute Gasteiger partial charge is 0.0887 e. The zero-order valence-corrected chi connectivity index (χ0v) is 15.8. The highest BCUT2D eigenvalue weighted by atomic mass is 79.9. The van der Waals surface area contributed by atoms with E-state index in [0.29, 0.717) is 6.04 Å². The molecule has 1 heterocycles. The minimum atomic E-state index is 0.319. The van der Waals surface area contributed by atoms with Gasteiger partial charge < -0.3 is 5.32 Å². The molecule has 2 rings (SSSR count). The number of benzene rings is 1. The highest BCUT2D eigenvalue weighted by Crippen LogP contribution is 2.36. The number of aryl methyl sites for hydroxylation is 2. The standard InChI is InChI=1S/C17H21BrClNS/c1-4-7-20-15(16-10-14(19)17(18)21-16)9-13-8-11(2)5-6-12(13)3/h5-6,8,10,15,20H,4,7,9H2,1-3H3. The lowest BCUT2D eigenvalue weighted by Crippen LogP contribution is -2.23. The number of halogens is 2. The summed E-state index contributed by atoms with van der Waals surface area (Å²) in [5, 5.41) is 4.46. The van der Waals surface area contributed by atoms with E-state index in [2.05, 4.69) is 66.3 Å². The second kappa shape index (κ2) is 7.77. The molecule has 0 spiro atoms. The van der Waals surface area contributed by atoms with E-state index in [1.807, 2.05) is 0 Å². The third-order valence-electron chi connectivity index (χ3n) is 3.58. The first-order valence-electron chi connectivity index (χ1n) is 7.25. The fourth-order valence-corrected chi connectivity index (χ4v) is 4.19. The van der Waals surface area contributed by atoms with Gasteiger partial charge >= 0.3 is 0 Å². The van der Waals surface area contributed by atoms with Gasteiger partial charge in [-0.3, -0.25) is 0 Å². The van der Waals surface area contributed by atoms with Crippen molar-refractivity contribution in [1.82, 2.24) is 5.32 Å². The first kappa shape index (κ1) is 17.0. The second-order valence-corrected chi connectivity index (χ2v) is 8.22. The summed E-state index contributed by atoms with van der Waals surface area (Å²) in [7, 11) is 0. The van der Waals surface area contributed by atoms with Gasteiger partial charge in [0.05, 0.1) is 8.81 Å². The van der Waals surface area contributed by atoms with Gasteiger partial charge in [0.25, 0.3) is 0 Å². The normalized spacial score (nSPS) is 12.6. The molecular formula is C17H21BrClNS. The minimum Gasteiger partial charge on any atom is -0.309 e. The van der Waals surface area contributed by atoms with Gasteiger partial charge in [0.15, 0.2) is 0 Å². The van der Waals surface area contributed by atoms with Crippen molar-refractivity contribution in [3.63, 3.8) is 0 Å². The quantitative estimate of drug-likeness (QED) is 0.636. The molecule has 0 saturated heterocycles. The van der Waals surface area contributed by atoms with Crippen LogP contribution in [0.2, 0.25) is 5.02 Å². The maximum atomic E-state index is 6.20. The third-order valence-corrected chi connectivity index (χ3v) is 6.17. The summed E-state index contributed by atoms with van der Waals surface area (Å²) in [4.78, 5) is 1.29. The van der Waals surface area contributed by atoms with E-state index in [0.717, 1.165) is 28.2 Å². The molecule has 1 atom stereocenters. The van der Waals surface area contributed by atoms with E-state index in [1.165, 1.54) is 21.6 Å². The molecule has 1 unspecified atom stereocenters. The highest BCUT2D eigenvalue weighted by molar-refractivity contribution is 9.11. The number of rotatable bonds is 6. The van der Waals surface area contributed by atoms with Gasteiger partial charge in [0, 0.05) is 10.9 Å². The van der Waals surface area contributed by atoms with Crippen LogP contribution in [0.5, 0.6) is 0 Å². The predicted molar refractivity (Wildman–Crippen MR) is 97.7 cm³/mol. The molecule has 0 aliphatic heterocycles. The van der Waals surface area contributed by atoms with E-state index in [9.17, 15) is 0 Å². The molecule has 21 heavy (non-hydrogen) atoms. The monoisotopic (exact) mass is 385 g/mol. The Hall–Kier alpha value is -0.350. The molecule has 1 nitrogen and oxygen atoms in total. The Kier molecular flexibility index (Phi) is 6.30. The Morgan fingerprint density at radius 2 is 2.05 bits per heavy atom. The maximum Gasteiger partial charge on any atom is 0.0887 e. The van der Waals surface area contributed by atoms with Gasteiger partial charge in [0.2, 0.25) is 0 Å². The summed E-state index contributed by atoms with van der Waals surface area (Å²) >= 11 is 11.5. The van der Waals surface area contributed by atoms with Crippen molar-refractivity contribution in [3.8, 4) is 0 Å². The van der Waals surface area contributed by atoms with E-state index < -0.39 is 0 Å². The molecule has 0 aliphatic carbocycles. The number of hydrogen-bond acceptors (Lipinski definition) is 2. The van der Waals surface area contributed by atoms with Gasteiger partial charge in [-0.25, -0.2) is 0 Å². The van der Waals surface area contributed by atoms with Crippen LogP contribution in [0.25, 0.3) is 0 Å². The van der Waals surface area contributed by atoms with Crippen LogP contribution in [0.15, 0.2) is 28.1 Å². The van der Waals surface area contributed by atoms with Gasteiger partial charge in [-0.05, 0) is 66.4 Å². The zero-order valence-electron chi connectivity index (χ0n) is 12.7. The lowest BCUT2D eigenvalue weighted by molar-refractivity contribution is 0.535. The lowest BCUT2D eigenvalue weighted by Gasteiger charge is -2.19. The molecule has 1 aromatic carbocycles. The van der Waals surface area contributed by atoms with E-state index in [4.69, 9.17) is 11.6 Å². The zero-order chi connectivity index (χ0) is 15.4. The first-order valence-corrected chi connectivity index (χ1v) is 9.24. The number of hydrogen-bond donors (Lipinski definition) is 1. The number of nitrogens with one attached hydrogen (secondary N) is 1. The van der Waals surface area contributed by atoms with Crippen LogP contribution in [0.3, 0.4) is 0 Å². The van der Waals surface area contributed by atoms with Crippen LogP contribution in [0, 0.1) is 13.8 Å². The molecule has 4 heteroatoms. The molecule has 1 aromatic heterocycles. The van der Waals surface area contributed by atoms with Gasteiger partial charge in [0.1, 0.15) is 0 Å². The SMILES string of the molecule is CCCNC(Cc1cc(C)ccc1C)c1cc(Cl)c(Br)s1. The van der Waals surface area contributed by atoms with Gasteiger partial charge in [-0.15, -0.1) is 11.3 Å². The summed E-state index contributed by atoms with van der Waals surface area (Å²) in [6.07, 6.45) is 2.13. The number of thiophene rings is 1. The van der Waals surface area contributed by atoms with Crippen molar-refractivity contribution in [3.05, 3.63) is 54.6 Å². The maximum absolute atomic E-state index is 6.20. The van der Waals surface area contributed by atoms with Crippen LogP contribution >= 0.6 is 38.9 Å². The summed E-state index contributed by atoms with van der Waals surface area (Å²) in [5.74, 6) is 0. The fraction of sp³-hybridized carbons (Fsp3) is 0.412. The van der Waals surface area contributed by atoms with Crippen molar-refractivity contribution in [2.45, 2.75) is 39.7 Å². The Morgan fingerprint density at radius 3 is 2.67 bits per heavy atom. The van der Waals surface area contributed by atoms with Crippen LogP contribution in [-0.2, 0) is 6.42 Å². The molecule has 0 radical (unpaired) electrons. The largest absolute Gasteiger partial charge is 0.309 e. The Balaban J connectivity index is 2.25. The summed E-state index contributed by atoms with van der Waals surface area (Å²) in [6, 6.07) is 9.07. The van der Waals surface area contributed by atoms with Crippen molar-refractivity contribution < 1.29 is 0 Å². The molecule has 114 valence electrons. The molecule has 0 aliphatic rings. The Labute approximate surface area is 144 Å². The second-order valence-electron chi connectivity index (χ2n) is 5.41. The highest BCUT2D eigenvalue weighted by Gasteiger charge is 2.17. The van der Waals surface area contributed by atoms with Crippen LogP contribution in [-0.4, -0.2) is 6.54 Å². The van der Waals surface area contributed by atoms with Crippen molar-refractivity contribution >= 4 is 38.9 Å². The molecule has 0 bridgehead atoms. The summed E-state index contributed by atoms with van der Waals surface area (Å²) in [5.41, 5.74) is 4.07. The van der Waals surface area contributed by atoms with Gasteiger partial charge in [-0.1, -0.05) is 42.3 Å². The predicted octanol–water partition coefficient (Wildman–Crippen LogP) is 6.06. The van der Waals surface area contributed by atoms with E-state index >= 15 is 0 Å². The van der Waals surface area contributed by atoms with E-state index in [1.54, 1.807) is 11.3 Å². The van der Waals surface area contributed by atoms with Crippen molar-refractivity contribution in [2.75, 3.05) is 6.54 Å².